The predicted molar refractivity (Wildman–Crippen MR) is 54.4 cm³/mol. The fourth-order valence-corrected chi connectivity index (χ4v) is 1.06. The number of rotatable bonds is 4. The highest BCUT2D eigenvalue weighted by molar-refractivity contribution is 5.92. The molecule has 0 aliphatic rings. The smallest absolute Gasteiger partial charge is 0.342 e. The van der Waals surface area contributed by atoms with Crippen molar-refractivity contribution in [3.63, 3.8) is 0 Å². The first kappa shape index (κ1) is 11.5. The van der Waals surface area contributed by atoms with Crippen LogP contribution in [0.4, 0.5) is 5.69 Å². The zero-order valence-corrected chi connectivity index (χ0v) is 8.04. The van der Waals surface area contributed by atoms with E-state index in [4.69, 9.17) is 16.3 Å². The maximum absolute atomic E-state index is 10.8. The summed E-state index contributed by atoms with van der Waals surface area (Å²) >= 11 is 0. The van der Waals surface area contributed by atoms with Gasteiger partial charge in [-0.1, -0.05) is 5.92 Å². The number of terminal acetylenes is 1. The number of hydrogen-bond acceptors (Lipinski definition) is 4. The highest BCUT2D eigenvalue weighted by Gasteiger charge is 2.20. The minimum atomic E-state index is -1.39. The Bertz CT molecular complexity index is 475. The van der Waals surface area contributed by atoms with Crippen LogP contribution in [-0.4, -0.2) is 22.6 Å². The predicted octanol–water partition coefficient (Wildman–Crippen LogP) is 1.30. The lowest BCUT2D eigenvalue weighted by Gasteiger charge is -2.03. The summed E-state index contributed by atoms with van der Waals surface area (Å²) in [5.41, 5.74) is -0.917. The van der Waals surface area contributed by atoms with Crippen LogP contribution in [0, 0.1) is 22.5 Å². The summed E-state index contributed by atoms with van der Waals surface area (Å²) in [6.07, 6.45) is 4.95. The molecule has 0 radical (unpaired) electrons. The monoisotopic (exact) mass is 221 g/mol. The number of nitro groups is 1. The van der Waals surface area contributed by atoms with Gasteiger partial charge in [-0.05, 0) is 6.07 Å². The van der Waals surface area contributed by atoms with Crippen molar-refractivity contribution in [3.8, 4) is 18.1 Å². The number of aromatic carboxylic acids is 1. The molecular weight excluding hydrogens is 214 g/mol. The lowest BCUT2D eigenvalue weighted by Crippen LogP contribution is -2.03. The van der Waals surface area contributed by atoms with E-state index >= 15 is 0 Å². The summed E-state index contributed by atoms with van der Waals surface area (Å²) in [6.45, 7) is -0.0309. The number of benzene rings is 1. The van der Waals surface area contributed by atoms with E-state index in [-0.39, 0.29) is 12.4 Å². The average Bonchev–Trinajstić information content (AvgIpc) is 2.25. The summed E-state index contributed by atoms with van der Waals surface area (Å²) in [7, 11) is 0. The van der Waals surface area contributed by atoms with Gasteiger partial charge in [0.1, 0.15) is 17.9 Å². The van der Waals surface area contributed by atoms with Crippen LogP contribution in [0.15, 0.2) is 18.2 Å². The van der Waals surface area contributed by atoms with E-state index in [9.17, 15) is 14.9 Å². The van der Waals surface area contributed by atoms with Crippen LogP contribution in [0.5, 0.6) is 5.75 Å². The van der Waals surface area contributed by atoms with Crippen molar-refractivity contribution >= 4 is 11.7 Å². The molecule has 16 heavy (non-hydrogen) atoms. The molecule has 0 atom stereocenters. The Morgan fingerprint density at radius 1 is 1.62 bits per heavy atom. The summed E-state index contributed by atoms with van der Waals surface area (Å²) in [4.78, 5) is 20.5. The van der Waals surface area contributed by atoms with Crippen LogP contribution in [0.25, 0.3) is 0 Å². The largest absolute Gasteiger partial charge is 0.481 e. The van der Waals surface area contributed by atoms with Gasteiger partial charge in [0, 0.05) is 12.1 Å². The zero-order valence-electron chi connectivity index (χ0n) is 8.04. The summed E-state index contributed by atoms with van der Waals surface area (Å²) in [6, 6.07) is 3.43. The highest BCUT2D eigenvalue weighted by Crippen LogP contribution is 2.23. The van der Waals surface area contributed by atoms with Crippen molar-refractivity contribution in [2.45, 2.75) is 0 Å². The Kier molecular flexibility index (Phi) is 3.45. The molecule has 0 amide bonds. The van der Waals surface area contributed by atoms with Crippen molar-refractivity contribution in [2.75, 3.05) is 6.61 Å². The Morgan fingerprint density at radius 2 is 2.31 bits per heavy atom. The maximum Gasteiger partial charge on any atom is 0.342 e. The van der Waals surface area contributed by atoms with Gasteiger partial charge in [0.25, 0.3) is 5.69 Å². The normalized spacial score (nSPS) is 9.19. The minimum Gasteiger partial charge on any atom is -0.481 e. The number of carboxylic acid groups (broad SMARTS) is 1. The van der Waals surface area contributed by atoms with Gasteiger partial charge in [0.15, 0.2) is 0 Å². The van der Waals surface area contributed by atoms with E-state index in [0.29, 0.717) is 0 Å². The van der Waals surface area contributed by atoms with Crippen molar-refractivity contribution in [1.82, 2.24) is 0 Å². The Hall–Kier alpha value is -2.55. The topological polar surface area (TPSA) is 89.7 Å². The first-order chi connectivity index (χ1) is 7.56. The number of carboxylic acids is 1. The van der Waals surface area contributed by atoms with Crippen LogP contribution >= 0.6 is 0 Å². The molecule has 0 spiro atoms. The average molecular weight is 221 g/mol. The van der Waals surface area contributed by atoms with Crippen molar-refractivity contribution in [1.29, 1.82) is 0 Å². The minimum absolute atomic E-state index is 0.0309. The van der Waals surface area contributed by atoms with E-state index in [0.717, 1.165) is 12.1 Å². The SMILES string of the molecule is C#CCOc1ccc([N+](=O)[O-])c(C(=O)O)c1. The molecule has 1 N–H and O–H groups in total. The Morgan fingerprint density at radius 3 is 2.81 bits per heavy atom. The Balaban J connectivity index is 3.13. The molecule has 0 aliphatic carbocycles. The fourth-order valence-electron chi connectivity index (χ4n) is 1.06. The molecule has 0 aromatic heterocycles. The standard InChI is InChI=1S/C10H7NO5/c1-2-5-16-7-3-4-9(11(14)15)8(6-7)10(12)13/h1,3-4,6H,5H2,(H,12,13). The van der Waals surface area contributed by atoms with E-state index in [1.165, 1.54) is 6.07 Å². The third kappa shape index (κ3) is 2.48. The highest BCUT2D eigenvalue weighted by atomic mass is 16.6. The molecule has 1 aromatic rings. The number of nitro benzene ring substituents is 1. The molecule has 0 fully saturated rings. The van der Waals surface area contributed by atoms with Crippen molar-refractivity contribution in [3.05, 3.63) is 33.9 Å². The second-order valence-electron chi connectivity index (χ2n) is 2.73. The van der Waals surface area contributed by atoms with E-state index in [1.54, 1.807) is 0 Å². The fraction of sp³-hybridized carbons (Fsp3) is 0.100. The van der Waals surface area contributed by atoms with E-state index < -0.39 is 22.1 Å². The third-order valence-corrected chi connectivity index (χ3v) is 1.72. The molecule has 0 aliphatic heterocycles. The number of hydrogen-bond donors (Lipinski definition) is 1. The first-order valence-electron chi connectivity index (χ1n) is 4.14. The first-order valence-corrected chi connectivity index (χ1v) is 4.14. The van der Waals surface area contributed by atoms with Crippen LogP contribution in [-0.2, 0) is 0 Å². The molecule has 1 rings (SSSR count). The Labute approximate surface area is 90.6 Å². The molecule has 0 saturated heterocycles. The molecule has 0 saturated carbocycles. The van der Waals surface area contributed by atoms with Crippen molar-refractivity contribution in [2.24, 2.45) is 0 Å². The molecule has 0 unspecified atom stereocenters. The lowest BCUT2D eigenvalue weighted by atomic mass is 10.2. The third-order valence-electron chi connectivity index (χ3n) is 1.72. The van der Waals surface area contributed by atoms with Crippen LogP contribution in [0.2, 0.25) is 0 Å². The lowest BCUT2D eigenvalue weighted by molar-refractivity contribution is -0.385. The number of ether oxygens (including phenoxy) is 1. The van der Waals surface area contributed by atoms with Crippen LogP contribution in [0.1, 0.15) is 10.4 Å². The van der Waals surface area contributed by atoms with Gasteiger partial charge in [0.05, 0.1) is 4.92 Å². The van der Waals surface area contributed by atoms with Crippen LogP contribution < -0.4 is 4.74 Å². The van der Waals surface area contributed by atoms with Gasteiger partial charge in [-0.2, -0.15) is 0 Å². The molecular formula is C10H7NO5. The molecule has 0 heterocycles. The maximum atomic E-state index is 10.8. The molecule has 82 valence electrons. The molecule has 0 bridgehead atoms. The van der Waals surface area contributed by atoms with E-state index in [2.05, 4.69) is 5.92 Å². The summed E-state index contributed by atoms with van der Waals surface area (Å²) in [5, 5.41) is 19.3. The second-order valence-corrected chi connectivity index (χ2v) is 2.73. The number of nitrogens with zero attached hydrogens (tertiary/aromatic N) is 1. The molecule has 1 aromatic carbocycles. The molecule has 6 heteroatoms. The second kappa shape index (κ2) is 4.79. The van der Waals surface area contributed by atoms with Gasteiger partial charge in [-0.3, -0.25) is 10.1 Å². The zero-order chi connectivity index (χ0) is 12.1. The molecule has 6 nitrogen and oxygen atoms in total. The summed E-state index contributed by atoms with van der Waals surface area (Å²) < 4.78 is 4.96. The number of carbonyl (C=O) groups is 1. The quantitative estimate of drug-likeness (QED) is 0.470. The van der Waals surface area contributed by atoms with Gasteiger partial charge < -0.3 is 9.84 Å². The summed E-state index contributed by atoms with van der Waals surface area (Å²) in [5.74, 6) is 0.989. The van der Waals surface area contributed by atoms with E-state index in [1.807, 2.05) is 0 Å². The van der Waals surface area contributed by atoms with Crippen molar-refractivity contribution < 1.29 is 19.6 Å². The van der Waals surface area contributed by atoms with Gasteiger partial charge in [-0.15, -0.1) is 6.42 Å². The van der Waals surface area contributed by atoms with Gasteiger partial charge in [-0.25, -0.2) is 4.79 Å². The van der Waals surface area contributed by atoms with Gasteiger partial charge in [0.2, 0.25) is 0 Å². The van der Waals surface area contributed by atoms with Crippen LogP contribution in [0.3, 0.4) is 0 Å². The van der Waals surface area contributed by atoms with Gasteiger partial charge >= 0.3 is 5.97 Å².